The first-order valence-electron chi connectivity index (χ1n) is 8.26. The molecule has 1 amide bonds. The number of aromatic nitrogens is 1. The molecule has 2 aliphatic rings. The van der Waals surface area contributed by atoms with Gasteiger partial charge in [0, 0.05) is 32.1 Å². The van der Waals surface area contributed by atoms with Crippen LogP contribution in [-0.4, -0.2) is 56.2 Å². The van der Waals surface area contributed by atoms with Crippen molar-refractivity contribution >= 4 is 32.6 Å². The molecule has 24 heavy (non-hydrogen) atoms. The third-order valence-corrected chi connectivity index (χ3v) is 5.76. The highest BCUT2D eigenvalue weighted by Gasteiger charge is 2.35. The number of ether oxygens (including phenoxy) is 2. The SMILES string of the molecule is COc1ccc2sc(N3CCN(C(=O)C4CC4)CC3)nc2c1OC. The van der Waals surface area contributed by atoms with Crippen LogP contribution in [0.3, 0.4) is 0 Å². The largest absolute Gasteiger partial charge is 0.493 e. The molecule has 1 saturated heterocycles. The van der Waals surface area contributed by atoms with Gasteiger partial charge in [0.1, 0.15) is 5.52 Å². The topological polar surface area (TPSA) is 54.9 Å². The van der Waals surface area contributed by atoms with Gasteiger partial charge in [-0.15, -0.1) is 0 Å². The molecule has 1 aromatic carbocycles. The predicted molar refractivity (Wildman–Crippen MR) is 94.2 cm³/mol. The molecule has 0 atom stereocenters. The van der Waals surface area contributed by atoms with Crippen molar-refractivity contribution in [3.05, 3.63) is 12.1 Å². The molecule has 1 saturated carbocycles. The van der Waals surface area contributed by atoms with E-state index in [-0.39, 0.29) is 0 Å². The van der Waals surface area contributed by atoms with E-state index in [1.54, 1.807) is 25.6 Å². The van der Waals surface area contributed by atoms with Gasteiger partial charge in [0.05, 0.1) is 18.9 Å². The van der Waals surface area contributed by atoms with Crippen LogP contribution in [0.25, 0.3) is 10.2 Å². The van der Waals surface area contributed by atoms with E-state index in [1.807, 2.05) is 17.0 Å². The van der Waals surface area contributed by atoms with Crippen molar-refractivity contribution in [2.45, 2.75) is 12.8 Å². The summed E-state index contributed by atoms with van der Waals surface area (Å²) in [5.74, 6) is 2.02. The minimum Gasteiger partial charge on any atom is -0.493 e. The van der Waals surface area contributed by atoms with E-state index in [9.17, 15) is 4.79 Å². The van der Waals surface area contributed by atoms with Crippen molar-refractivity contribution in [2.75, 3.05) is 45.3 Å². The lowest BCUT2D eigenvalue weighted by Crippen LogP contribution is -2.49. The maximum atomic E-state index is 12.2. The Kier molecular flexibility index (Phi) is 3.96. The van der Waals surface area contributed by atoms with E-state index < -0.39 is 0 Å². The number of carbonyl (C=O) groups excluding carboxylic acids is 1. The third kappa shape index (κ3) is 2.66. The molecule has 2 heterocycles. The highest BCUT2D eigenvalue weighted by Crippen LogP contribution is 2.40. The van der Waals surface area contributed by atoms with Crippen LogP contribution in [0.2, 0.25) is 0 Å². The van der Waals surface area contributed by atoms with Crippen LogP contribution in [0.4, 0.5) is 5.13 Å². The summed E-state index contributed by atoms with van der Waals surface area (Å²) >= 11 is 1.66. The van der Waals surface area contributed by atoms with Gasteiger partial charge in [-0.25, -0.2) is 4.98 Å². The summed E-state index contributed by atoms with van der Waals surface area (Å²) in [6.45, 7) is 3.23. The molecule has 2 fully saturated rings. The lowest BCUT2D eigenvalue weighted by atomic mass is 10.3. The highest BCUT2D eigenvalue weighted by molar-refractivity contribution is 7.22. The number of nitrogens with zero attached hydrogens (tertiary/aromatic N) is 3. The van der Waals surface area contributed by atoms with Crippen molar-refractivity contribution in [1.29, 1.82) is 0 Å². The second-order valence-corrected chi connectivity index (χ2v) is 7.24. The van der Waals surface area contributed by atoms with Gasteiger partial charge in [-0.1, -0.05) is 11.3 Å². The van der Waals surface area contributed by atoms with Crippen LogP contribution in [0.15, 0.2) is 12.1 Å². The summed E-state index contributed by atoms with van der Waals surface area (Å²) in [5, 5.41) is 0.982. The van der Waals surface area contributed by atoms with Crippen LogP contribution in [0.1, 0.15) is 12.8 Å². The zero-order chi connectivity index (χ0) is 16.7. The van der Waals surface area contributed by atoms with Gasteiger partial charge in [-0.2, -0.15) is 0 Å². The van der Waals surface area contributed by atoms with Gasteiger partial charge in [0.2, 0.25) is 5.91 Å². The van der Waals surface area contributed by atoms with Crippen molar-refractivity contribution < 1.29 is 14.3 Å². The summed E-state index contributed by atoms with van der Waals surface area (Å²) in [5.41, 5.74) is 0.841. The molecule has 0 spiro atoms. The van der Waals surface area contributed by atoms with Gasteiger partial charge in [-0.05, 0) is 25.0 Å². The second-order valence-electron chi connectivity index (χ2n) is 6.23. The zero-order valence-electron chi connectivity index (χ0n) is 13.9. The van der Waals surface area contributed by atoms with Gasteiger partial charge < -0.3 is 19.3 Å². The predicted octanol–water partition coefficient (Wildman–Crippen LogP) is 2.37. The monoisotopic (exact) mass is 347 g/mol. The third-order valence-electron chi connectivity index (χ3n) is 4.68. The number of rotatable bonds is 4. The Bertz CT molecular complexity index is 764. The maximum absolute atomic E-state index is 12.2. The molecular formula is C17H21N3O3S. The van der Waals surface area contributed by atoms with Crippen LogP contribution in [0.5, 0.6) is 11.5 Å². The number of hydrogen-bond acceptors (Lipinski definition) is 6. The summed E-state index contributed by atoms with van der Waals surface area (Å²) < 4.78 is 11.9. The number of piperazine rings is 1. The number of thiazole rings is 1. The van der Waals surface area contributed by atoms with Crippen LogP contribution in [-0.2, 0) is 4.79 Å². The molecule has 0 N–H and O–H groups in total. The molecule has 128 valence electrons. The Morgan fingerprint density at radius 1 is 1.17 bits per heavy atom. The van der Waals surface area contributed by atoms with Crippen molar-refractivity contribution in [2.24, 2.45) is 5.92 Å². The fourth-order valence-corrected chi connectivity index (χ4v) is 4.16. The van der Waals surface area contributed by atoms with Crippen LogP contribution in [0, 0.1) is 5.92 Å². The fraction of sp³-hybridized carbons (Fsp3) is 0.529. The van der Waals surface area contributed by atoms with Crippen molar-refractivity contribution in [1.82, 2.24) is 9.88 Å². The smallest absolute Gasteiger partial charge is 0.225 e. The molecule has 1 aromatic heterocycles. The van der Waals surface area contributed by atoms with E-state index in [4.69, 9.17) is 14.5 Å². The number of carbonyl (C=O) groups is 1. The molecule has 0 unspecified atom stereocenters. The lowest BCUT2D eigenvalue weighted by Gasteiger charge is -2.34. The molecule has 0 bridgehead atoms. The van der Waals surface area contributed by atoms with Crippen LogP contribution < -0.4 is 14.4 Å². The Labute approximate surface area is 145 Å². The number of methoxy groups -OCH3 is 2. The number of hydrogen-bond donors (Lipinski definition) is 0. The van der Waals surface area contributed by atoms with E-state index >= 15 is 0 Å². The van der Waals surface area contributed by atoms with E-state index in [0.29, 0.717) is 23.3 Å². The minimum atomic E-state index is 0.302. The normalized spacial score (nSPS) is 18.1. The van der Waals surface area contributed by atoms with Crippen molar-refractivity contribution in [3.8, 4) is 11.5 Å². The number of benzene rings is 1. The molecule has 6 nitrogen and oxygen atoms in total. The Balaban J connectivity index is 1.53. The van der Waals surface area contributed by atoms with Crippen LogP contribution >= 0.6 is 11.3 Å². The lowest BCUT2D eigenvalue weighted by molar-refractivity contribution is -0.132. The molecule has 1 aliphatic carbocycles. The van der Waals surface area contributed by atoms with Gasteiger partial charge in [0.15, 0.2) is 16.6 Å². The minimum absolute atomic E-state index is 0.302. The standard InChI is InChI=1S/C17H21N3O3S/c1-22-12-5-6-13-14(15(12)23-2)18-17(24-13)20-9-7-19(8-10-20)16(21)11-3-4-11/h5-6,11H,3-4,7-10H2,1-2H3. The van der Waals surface area contributed by atoms with E-state index in [1.165, 1.54) is 0 Å². The van der Waals surface area contributed by atoms with E-state index in [2.05, 4.69) is 4.90 Å². The number of anilines is 1. The molecule has 0 radical (unpaired) electrons. The number of amides is 1. The Hall–Kier alpha value is -2.02. The molecule has 4 rings (SSSR count). The summed E-state index contributed by atoms with van der Waals surface area (Å²) in [7, 11) is 3.27. The van der Waals surface area contributed by atoms with Gasteiger partial charge in [-0.3, -0.25) is 4.79 Å². The summed E-state index contributed by atoms with van der Waals surface area (Å²) in [6, 6.07) is 3.93. The molecular weight excluding hydrogens is 326 g/mol. The molecule has 1 aliphatic heterocycles. The highest BCUT2D eigenvalue weighted by atomic mass is 32.1. The average Bonchev–Trinajstić information content (AvgIpc) is 3.38. The summed E-state index contributed by atoms with van der Waals surface area (Å²) in [4.78, 5) is 21.2. The second kappa shape index (κ2) is 6.12. The first kappa shape index (κ1) is 15.5. The molecule has 2 aromatic rings. The zero-order valence-corrected chi connectivity index (χ0v) is 14.8. The van der Waals surface area contributed by atoms with Crippen molar-refractivity contribution in [3.63, 3.8) is 0 Å². The average molecular weight is 347 g/mol. The van der Waals surface area contributed by atoms with Gasteiger partial charge in [0.25, 0.3) is 0 Å². The van der Waals surface area contributed by atoms with Gasteiger partial charge >= 0.3 is 0 Å². The number of fused-ring (bicyclic) bond motifs is 1. The molecule has 7 heteroatoms. The van der Waals surface area contributed by atoms with E-state index in [0.717, 1.165) is 54.4 Å². The Morgan fingerprint density at radius 3 is 2.54 bits per heavy atom. The quantitative estimate of drug-likeness (QED) is 0.850. The first-order valence-corrected chi connectivity index (χ1v) is 9.08. The Morgan fingerprint density at radius 2 is 1.92 bits per heavy atom. The fourth-order valence-electron chi connectivity index (χ4n) is 3.14. The first-order chi connectivity index (χ1) is 11.7. The summed E-state index contributed by atoms with van der Waals surface area (Å²) in [6.07, 6.45) is 2.14. The maximum Gasteiger partial charge on any atom is 0.225 e.